The molecule has 10 nitrogen and oxygen atoms in total. The SMILES string of the molecule is CCOC(=O)c1cccc(N(C(=O)[C@H](C)n2nnc3ccccc32)[C@@H](C(=O)NC2CCCCC2)c2ccc(OC)cc2)c1. The molecule has 2 atom stereocenters. The standard InChI is InChI=1S/C33H37N5O5/c1-4-43-33(41)24-11-10-14-26(21-24)37(32(40)22(2)38-29-16-9-8-15-28(29)35-36-38)30(23-17-19-27(42-3)20-18-23)31(39)34-25-12-6-5-7-13-25/h8-11,14-22,25,30H,4-7,12-13H2,1-3H3,(H,34,39)/t22-,30+/m0/s1. The molecule has 1 fully saturated rings. The van der Waals surface area contributed by atoms with E-state index in [4.69, 9.17) is 9.47 Å². The van der Waals surface area contributed by atoms with Crippen molar-refractivity contribution in [3.8, 4) is 5.75 Å². The molecule has 10 heteroatoms. The third kappa shape index (κ3) is 6.53. The Kier molecular flexibility index (Phi) is 9.34. The number of nitrogens with one attached hydrogen (secondary N) is 1. The second kappa shape index (κ2) is 13.5. The van der Waals surface area contributed by atoms with Gasteiger partial charge in [-0.05, 0) is 74.7 Å². The lowest BCUT2D eigenvalue weighted by Crippen LogP contribution is -2.49. The number of hydrogen-bond acceptors (Lipinski definition) is 7. The van der Waals surface area contributed by atoms with Crippen LogP contribution < -0.4 is 15.0 Å². The van der Waals surface area contributed by atoms with Gasteiger partial charge in [-0.3, -0.25) is 14.5 Å². The minimum absolute atomic E-state index is 0.0153. The molecule has 1 N–H and O–H groups in total. The average molecular weight is 584 g/mol. The van der Waals surface area contributed by atoms with Crippen LogP contribution in [0.5, 0.6) is 5.75 Å². The van der Waals surface area contributed by atoms with Gasteiger partial charge in [0.05, 0.1) is 24.8 Å². The fourth-order valence-corrected chi connectivity index (χ4v) is 5.61. The van der Waals surface area contributed by atoms with Gasteiger partial charge in [0, 0.05) is 11.7 Å². The van der Waals surface area contributed by atoms with Crippen LogP contribution in [0.3, 0.4) is 0 Å². The molecule has 1 aliphatic rings. The van der Waals surface area contributed by atoms with E-state index in [1.807, 2.05) is 24.3 Å². The van der Waals surface area contributed by atoms with Gasteiger partial charge < -0.3 is 14.8 Å². The lowest BCUT2D eigenvalue weighted by molar-refractivity contribution is -0.128. The van der Waals surface area contributed by atoms with Gasteiger partial charge in [-0.15, -0.1) is 5.10 Å². The highest BCUT2D eigenvalue weighted by Crippen LogP contribution is 2.33. The van der Waals surface area contributed by atoms with Crippen LogP contribution in [-0.4, -0.2) is 52.5 Å². The van der Waals surface area contributed by atoms with Crippen LogP contribution in [0.4, 0.5) is 5.69 Å². The molecule has 1 heterocycles. The second-order valence-electron chi connectivity index (χ2n) is 10.7. The van der Waals surface area contributed by atoms with Crippen molar-refractivity contribution in [2.75, 3.05) is 18.6 Å². The molecule has 3 aromatic carbocycles. The smallest absolute Gasteiger partial charge is 0.338 e. The number of carbonyl (C=O) groups excluding carboxylic acids is 3. The number of rotatable bonds is 10. The Morgan fingerprint density at radius 1 is 1.00 bits per heavy atom. The van der Waals surface area contributed by atoms with E-state index in [2.05, 4.69) is 15.6 Å². The number of anilines is 1. The van der Waals surface area contributed by atoms with Crippen LogP contribution in [0.25, 0.3) is 11.0 Å². The number of hydrogen-bond donors (Lipinski definition) is 1. The maximum absolute atomic E-state index is 14.6. The van der Waals surface area contributed by atoms with Crippen molar-refractivity contribution in [2.45, 2.75) is 64.1 Å². The van der Waals surface area contributed by atoms with Crippen molar-refractivity contribution in [1.29, 1.82) is 0 Å². The summed E-state index contributed by atoms with van der Waals surface area (Å²) in [6, 6.07) is 19.3. The number of amides is 2. The Labute approximate surface area is 251 Å². The van der Waals surface area contributed by atoms with Crippen LogP contribution in [0.2, 0.25) is 0 Å². The Balaban J connectivity index is 1.63. The van der Waals surface area contributed by atoms with Crippen molar-refractivity contribution in [3.63, 3.8) is 0 Å². The molecule has 1 aromatic heterocycles. The summed E-state index contributed by atoms with van der Waals surface area (Å²) in [7, 11) is 1.57. The van der Waals surface area contributed by atoms with Crippen molar-refractivity contribution >= 4 is 34.5 Å². The minimum Gasteiger partial charge on any atom is -0.497 e. The van der Waals surface area contributed by atoms with E-state index in [9.17, 15) is 14.4 Å². The number of carbonyl (C=O) groups is 3. The summed E-state index contributed by atoms with van der Waals surface area (Å²) in [6.45, 7) is 3.67. The molecule has 0 saturated heterocycles. The highest BCUT2D eigenvalue weighted by Gasteiger charge is 2.37. The third-order valence-electron chi connectivity index (χ3n) is 7.86. The predicted molar refractivity (Wildman–Crippen MR) is 163 cm³/mol. The molecule has 2 amide bonds. The number of methoxy groups -OCH3 is 1. The van der Waals surface area contributed by atoms with E-state index in [-0.39, 0.29) is 24.1 Å². The van der Waals surface area contributed by atoms with Gasteiger partial charge in [-0.25, -0.2) is 9.48 Å². The van der Waals surface area contributed by atoms with Crippen LogP contribution in [0.15, 0.2) is 72.8 Å². The zero-order valence-electron chi connectivity index (χ0n) is 24.7. The van der Waals surface area contributed by atoms with E-state index in [1.54, 1.807) is 74.2 Å². The molecule has 4 aromatic rings. The number of aromatic nitrogens is 3. The summed E-state index contributed by atoms with van der Waals surface area (Å²) in [5, 5.41) is 11.7. The lowest BCUT2D eigenvalue weighted by atomic mass is 9.94. The van der Waals surface area contributed by atoms with E-state index >= 15 is 0 Å². The fourth-order valence-electron chi connectivity index (χ4n) is 5.61. The van der Waals surface area contributed by atoms with E-state index in [1.165, 1.54) is 4.90 Å². The summed E-state index contributed by atoms with van der Waals surface area (Å²) in [5.41, 5.74) is 2.60. The maximum Gasteiger partial charge on any atom is 0.338 e. The van der Waals surface area contributed by atoms with Gasteiger partial charge in [0.1, 0.15) is 23.3 Å². The highest BCUT2D eigenvalue weighted by atomic mass is 16.5. The summed E-state index contributed by atoms with van der Waals surface area (Å²) in [5.74, 6) is -0.585. The normalized spacial score (nSPS) is 15.0. The first-order chi connectivity index (χ1) is 20.9. The molecule has 1 saturated carbocycles. The molecule has 0 unspecified atom stereocenters. The first-order valence-corrected chi connectivity index (χ1v) is 14.8. The first kappa shape index (κ1) is 29.8. The Bertz CT molecular complexity index is 1580. The molecule has 5 rings (SSSR count). The lowest BCUT2D eigenvalue weighted by Gasteiger charge is -2.35. The Morgan fingerprint density at radius 3 is 2.47 bits per heavy atom. The molecule has 0 spiro atoms. The third-order valence-corrected chi connectivity index (χ3v) is 7.86. The zero-order chi connectivity index (χ0) is 30.3. The van der Waals surface area contributed by atoms with Crippen LogP contribution in [-0.2, 0) is 14.3 Å². The number of nitrogens with zero attached hydrogens (tertiary/aromatic N) is 4. The molecule has 0 radical (unpaired) electrons. The van der Waals surface area contributed by atoms with Crippen LogP contribution >= 0.6 is 0 Å². The van der Waals surface area contributed by atoms with Gasteiger partial charge in [-0.2, -0.15) is 0 Å². The van der Waals surface area contributed by atoms with Gasteiger partial charge >= 0.3 is 5.97 Å². The number of benzene rings is 3. The van der Waals surface area contributed by atoms with Gasteiger partial charge in [-0.1, -0.05) is 54.8 Å². The highest BCUT2D eigenvalue weighted by molar-refractivity contribution is 6.04. The fraction of sp³-hybridized carbons (Fsp3) is 0.364. The quantitative estimate of drug-likeness (QED) is 0.249. The number of fused-ring (bicyclic) bond motifs is 1. The summed E-state index contributed by atoms with van der Waals surface area (Å²) in [4.78, 5) is 43.1. The Hall–Kier alpha value is -4.73. The summed E-state index contributed by atoms with van der Waals surface area (Å²) < 4.78 is 12.2. The topological polar surface area (TPSA) is 116 Å². The molecule has 1 aliphatic carbocycles. The first-order valence-electron chi connectivity index (χ1n) is 14.8. The number of esters is 1. The zero-order valence-corrected chi connectivity index (χ0v) is 24.7. The van der Waals surface area contributed by atoms with Gasteiger partial charge in [0.15, 0.2) is 0 Å². The van der Waals surface area contributed by atoms with Crippen molar-refractivity contribution in [3.05, 3.63) is 83.9 Å². The van der Waals surface area contributed by atoms with Crippen molar-refractivity contribution in [1.82, 2.24) is 20.3 Å². The summed E-state index contributed by atoms with van der Waals surface area (Å²) >= 11 is 0. The second-order valence-corrected chi connectivity index (χ2v) is 10.7. The minimum atomic E-state index is -1.05. The largest absolute Gasteiger partial charge is 0.497 e. The average Bonchev–Trinajstić information content (AvgIpc) is 3.48. The van der Waals surface area contributed by atoms with E-state index in [0.29, 0.717) is 28.0 Å². The molecular weight excluding hydrogens is 546 g/mol. The monoisotopic (exact) mass is 583 g/mol. The molecular formula is C33H37N5O5. The molecule has 0 aliphatic heterocycles. The molecule has 0 bridgehead atoms. The number of ether oxygens (including phenoxy) is 2. The maximum atomic E-state index is 14.6. The van der Waals surface area contributed by atoms with Crippen molar-refractivity contribution < 1.29 is 23.9 Å². The van der Waals surface area contributed by atoms with Crippen LogP contribution in [0, 0.1) is 0 Å². The van der Waals surface area contributed by atoms with Gasteiger partial charge in [0.25, 0.3) is 5.91 Å². The summed E-state index contributed by atoms with van der Waals surface area (Å²) in [6.07, 6.45) is 4.99. The van der Waals surface area contributed by atoms with Crippen LogP contribution in [0.1, 0.15) is 74.0 Å². The van der Waals surface area contributed by atoms with Crippen molar-refractivity contribution in [2.24, 2.45) is 0 Å². The van der Waals surface area contributed by atoms with E-state index in [0.717, 1.165) is 32.1 Å². The molecule has 224 valence electrons. The number of para-hydroxylation sites is 1. The predicted octanol–water partition coefficient (Wildman–Crippen LogP) is 5.40. The van der Waals surface area contributed by atoms with Gasteiger partial charge in [0.2, 0.25) is 5.91 Å². The Morgan fingerprint density at radius 2 is 1.74 bits per heavy atom. The molecule has 43 heavy (non-hydrogen) atoms. The van der Waals surface area contributed by atoms with E-state index < -0.39 is 24.0 Å².